The van der Waals surface area contributed by atoms with Crippen LogP contribution in [-0.2, 0) is 13.2 Å². The summed E-state index contributed by atoms with van der Waals surface area (Å²) >= 11 is 12.0. The Balaban J connectivity index is 1.95. The molecule has 0 bridgehead atoms. The van der Waals surface area contributed by atoms with Crippen molar-refractivity contribution in [2.24, 2.45) is 0 Å². The molecular weight excluding hydrogens is 331 g/mol. The third kappa shape index (κ3) is 6.40. The fraction of sp³-hybridized carbons (Fsp3) is 0.333. The molecule has 0 amide bonds. The van der Waals surface area contributed by atoms with E-state index >= 15 is 0 Å². The molecule has 0 atom stereocenters. The van der Waals surface area contributed by atoms with Crippen LogP contribution < -0.4 is 10.1 Å². The van der Waals surface area contributed by atoms with Gasteiger partial charge in [-0.05, 0) is 50.0 Å². The van der Waals surface area contributed by atoms with E-state index < -0.39 is 0 Å². The second-order valence-electron chi connectivity index (χ2n) is 5.65. The molecule has 0 heterocycles. The maximum absolute atomic E-state index is 6.11. The van der Waals surface area contributed by atoms with Gasteiger partial charge in [0.1, 0.15) is 12.4 Å². The Kier molecular flexibility index (Phi) is 7.18. The van der Waals surface area contributed by atoms with Gasteiger partial charge in [0.15, 0.2) is 0 Å². The molecule has 124 valence electrons. The Bertz CT molecular complexity index is 615. The van der Waals surface area contributed by atoms with Gasteiger partial charge in [-0.2, -0.15) is 0 Å². The number of halogens is 2. The van der Waals surface area contributed by atoms with Crippen LogP contribution in [0.4, 0.5) is 0 Å². The minimum atomic E-state index is 0.503. The average molecular weight is 353 g/mol. The lowest BCUT2D eigenvalue weighted by Gasteiger charge is -2.14. The number of likely N-dealkylation sites (N-methyl/N-ethyl adjacent to an activating group) is 1. The van der Waals surface area contributed by atoms with Gasteiger partial charge in [0, 0.05) is 35.2 Å². The molecule has 2 aromatic rings. The molecule has 0 fully saturated rings. The summed E-state index contributed by atoms with van der Waals surface area (Å²) in [6.07, 6.45) is 0. The maximum Gasteiger partial charge on any atom is 0.124 e. The molecule has 0 unspecified atom stereocenters. The van der Waals surface area contributed by atoms with Crippen molar-refractivity contribution < 1.29 is 4.74 Å². The van der Waals surface area contributed by atoms with Gasteiger partial charge in [-0.3, -0.25) is 0 Å². The first-order valence-corrected chi connectivity index (χ1v) is 8.31. The molecule has 0 radical (unpaired) electrons. The predicted molar refractivity (Wildman–Crippen MR) is 97.5 cm³/mol. The van der Waals surface area contributed by atoms with E-state index in [4.69, 9.17) is 27.9 Å². The largest absolute Gasteiger partial charge is 0.489 e. The van der Waals surface area contributed by atoms with Crippen LogP contribution in [0.2, 0.25) is 10.0 Å². The van der Waals surface area contributed by atoms with Gasteiger partial charge in [0.25, 0.3) is 0 Å². The van der Waals surface area contributed by atoms with Crippen molar-refractivity contribution in [3.63, 3.8) is 0 Å². The highest BCUT2D eigenvalue weighted by Crippen LogP contribution is 2.24. The Labute approximate surface area is 148 Å². The second-order valence-corrected chi connectivity index (χ2v) is 6.52. The van der Waals surface area contributed by atoms with Crippen molar-refractivity contribution in [2.75, 3.05) is 27.2 Å². The van der Waals surface area contributed by atoms with Crippen molar-refractivity contribution in [2.45, 2.75) is 13.2 Å². The standard InChI is InChI=1S/C18H22Cl2N2O/c1-22(2)10-9-21-12-15-11-17(20)7-8-18(15)23-13-14-3-5-16(19)6-4-14/h3-8,11,21H,9-10,12-13H2,1-2H3. The second kappa shape index (κ2) is 9.14. The highest BCUT2D eigenvalue weighted by Gasteiger charge is 2.06. The summed E-state index contributed by atoms with van der Waals surface area (Å²) in [4.78, 5) is 2.14. The lowest BCUT2D eigenvalue weighted by Crippen LogP contribution is -2.26. The smallest absolute Gasteiger partial charge is 0.124 e. The van der Waals surface area contributed by atoms with E-state index in [2.05, 4.69) is 24.3 Å². The van der Waals surface area contributed by atoms with Crippen molar-refractivity contribution in [3.05, 3.63) is 63.6 Å². The number of ether oxygens (including phenoxy) is 1. The monoisotopic (exact) mass is 352 g/mol. The van der Waals surface area contributed by atoms with Gasteiger partial charge in [-0.25, -0.2) is 0 Å². The Hall–Kier alpha value is -1.26. The number of benzene rings is 2. The summed E-state index contributed by atoms with van der Waals surface area (Å²) < 4.78 is 5.94. The molecule has 3 nitrogen and oxygen atoms in total. The van der Waals surface area contributed by atoms with Crippen LogP contribution in [0.15, 0.2) is 42.5 Å². The molecule has 23 heavy (non-hydrogen) atoms. The summed E-state index contributed by atoms with van der Waals surface area (Å²) in [5.74, 6) is 0.849. The van der Waals surface area contributed by atoms with Crippen LogP contribution in [-0.4, -0.2) is 32.1 Å². The minimum Gasteiger partial charge on any atom is -0.489 e. The SMILES string of the molecule is CN(C)CCNCc1cc(Cl)ccc1OCc1ccc(Cl)cc1. The van der Waals surface area contributed by atoms with Crippen molar-refractivity contribution >= 4 is 23.2 Å². The highest BCUT2D eigenvalue weighted by atomic mass is 35.5. The molecule has 0 aromatic heterocycles. The number of hydrogen-bond acceptors (Lipinski definition) is 3. The van der Waals surface area contributed by atoms with Gasteiger partial charge in [-0.15, -0.1) is 0 Å². The number of nitrogens with one attached hydrogen (secondary N) is 1. The van der Waals surface area contributed by atoms with Crippen LogP contribution in [0.3, 0.4) is 0 Å². The molecule has 5 heteroatoms. The average Bonchev–Trinajstić information content (AvgIpc) is 2.52. The fourth-order valence-corrected chi connectivity index (χ4v) is 2.42. The zero-order valence-corrected chi connectivity index (χ0v) is 15.0. The number of nitrogens with zero attached hydrogens (tertiary/aromatic N) is 1. The van der Waals surface area contributed by atoms with Gasteiger partial charge in [0.05, 0.1) is 0 Å². The summed E-state index contributed by atoms with van der Waals surface area (Å²) in [6, 6.07) is 13.4. The van der Waals surface area contributed by atoms with E-state index in [0.29, 0.717) is 11.6 Å². The Morgan fingerprint density at radius 3 is 2.39 bits per heavy atom. The summed E-state index contributed by atoms with van der Waals surface area (Å²) in [5, 5.41) is 4.85. The topological polar surface area (TPSA) is 24.5 Å². The van der Waals surface area contributed by atoms with E-state index in [1.54, 1.807) is 0 Å². The molecule has 0 saturated heterocycles. The highest BCUT2D eigenvalue weighted by molar-refractivity contribution is 6.30. The van der Waals surface area contributed by atoms with Gasteiger partial charge in [-0.1, -0.05) is 35.3 Å². The quantitative estimate of drug-likeness (QED) is 0.719. The first kappa shape index (κ1) is 18.1. The van der Waals surface area contributed by atoms with E-state index in [9.17, 15) is 0 Å². The summed E-state index contributed by atoms with van der Waals surface area (Å²) in [6.45, 7) is 3.13. The van der Waals surface area contributed by atoms with Crippen LogP contribution >= 0.6 is 23.2 Å². The van der Waals surface area contributed by atoms with E-state index in [1.165, 1.54) is 0 Å². The van der Waals surface area contributed by atoms with E-state index in [1.807, 2.05) is 42.5 Å². The molecule has 0 aliphatic carbocycles. The maximum atomic E-state index is 6.11. The molecular formula is C18H22Cl2N2O. The van der Waals surface area contributed by atoms with Gasteiger partial charge < -0.3 is 15.0 Å². The third-order valence-electron chi connectivity index (χ3n) is 3.38. The first-order valence-electron chi connectivity index (χ1n) is 7.56. The van der Waals surface area contributed by atoms with Crippen molar-refractivity contribution in [3.8, 4) is 5.75 Å². The Morgan fingerprint density at radius 1 is 1.00 bits per heavy atom. The molecule has 1 N–H and O–H groups in total. The zero-order valence-electron chi connectivity index (χ0n) is 13.5. The van der Waals surface area contributed by atoms with E-state index in [0.717, 1.165) is 41.5 Å². The van der Waals surface area contributed by atoms with Gasteiger partial charge >= 0.3 is 0 Å². The number of rotatable bonds is 8. The molecule has 0 spiro atoms. The zero-order chi connectivity index (χ0) is 16.7. The lowest BCUT2D eigenvalue weighted by molar-refractivity contribution is 0.302. The summed E-state index contributed by atoms with van der Waals surface area (Å²) in [5.41, 5.74) is 2.14. The van der Waals surface area contributed by atoms with Gasteiger partial charge in [0.2, 0.25) is 0 Å². The molecule has 0 saturated carbocycles. The molecule has 0 aliphatic rings. The van der Waals surface area contributed by atoms with Crippen LogP contribution in [0.5, 0.6) is 5.75 Å². The van der Waals surface area contributed by atoms with Crippen LogP contribution in [0, 0.1) is 0 Å². The van der Waals surface area contributed by atoms with Crippen LogP contribution in [0.1, 0.15) is 11.1 Å². The summed E-state index contributed by atoms with van der Waals surface area (Å²) in [7, 11) is 4.11. The Morgan fingerprint density at radius 2 is 1.70 bits per heavy atom. The third-order valence-corrected chi connectivity index (χ3v) is 3.87. The van der Waals surface area contributed by atoms with Crippen molar-refractivity contribution in [1.82, 2.24) is 10.2 Å². The number of hydrogen-bond donors (Lipinski definition) is 1. The lowest BCUT2D eigenvalue weighted by atomic mass is 10.2. The molecule has 2 aromatic carbocycles. The fourth-order valence-electron chi connectivity index (χ4n) is 2.09. The first-order chi connectivity index (χ1) is 11.0. The predicted octanol–water partition coefficient (Wildman–Crippen LogP) is 4.22. The molecule has 2 rings (SSSR count). The normalized spacial score (nSPS) is 11.0. The molecule has 0 aliphatic heterocycles. The minimum absolute atomic E-state index is 0.503. The van der Waals surface area contributed by atoms with Crippen molar-refractivity contribution in [1.29, 1.82) is 0 Å². The van der Waals surface area contributed by atoms with Crippen LogP contribution in [0.25, 0.3) is 0 Å². The van der Waals surface area contributed by atoms with E-state index in [-0.39, 0.29) is 0 Å².